The zero-order valence-corrected chi connectivity index (χ0v) is 20.5. The van der Waals surface area contributed by atoms with E-state index in [1.165, 1.54) is 11.6 Å². The van der Waals surface area contributed by atoms with Crippen LogP contribution in [-0.4, -0.2) is 20.8 Å². The van der Waals surface area contributed by atoms with Crippen molar-refractivity contribution >= 4 is 10.9 Å². The van der Waals surface area contributed by atoms with Crippen molar-refractivity contribution in [3.05, 3.63) is 110 Å². The van der Waals surface area contributed by atoms with Crippen LogP contribution in [0.2, 0.25) is 0 Å². The number of benzene rings is 3. The summed E-state index contributed by atoms with van der Waals surface area (Å²) in [6.07, 6.45) is -0.617. The van der Waals surface area contributed by atoms with E-state index in [2.05, 4.69) is 4.57 Å². The number of methoxy groups -OCH3 is 1. The highest BCUT2D eigenvalue weighted by Crippen LogP contribution is 2.48. The van der Waals surface area contributed by atoms with Gasteiger partial charge in [-0.25, -0.2) is 4.79 Å². The van der Waals surface area contributed by atoms with Gasteiger partial charge in [0.15, 0.2) is 6.10 Å². The number of fused-ring (bicyclic) bond motifs is 5. The summed E-state index contributed by atoms with van der Waals surface area (Å²) in [5.74, 6) is 1.34. The van der Waals surface area contributed by atoms with Crippen molar-refractivity contribution in [3.63, 3.8) is 0 Å². The van der Waals surface area contributed by atoms with Crippen LogP contribution in [0.1, 0.15) is 22.9 Å². The van der Waals surface area contributed by atoms with Crippen LogP contribution in [0.4, 0.5) is 0 Å². The van der Waals surface area contributed by atoms with E-state index in [1.807, 2.05) is 79.7 Å². The minimum atomic E-state index is -0.617. The van der Waals surface area contributed by atoms with Crippen molar-refractivity contribution in [2.24, 2.45) is 14.1 Å². The van der Waals surface area contributed by atoms with E-state index in [0.29, 0.717) is 28.1 Å². The third kappa shape index (κ3) is 2.92. The fourth-order valence-corrected chi connectivity index (χ4v) is 5.30. The van der Waals surface area contributed by atoms with Crippen LogP contribution >= 0.6 is 0 Å². The van der Waals surface area contributed by atoms with E-state index >= 15 is 0 Å². The van der Waals surface area contributed by atoms with Gasteiger partial charge >= 0.3 is 5.69 Å². The van der Waals surface area contributed by atoms with Crippen molar-refractivity contribution in [2.45, 2.75) is 13.0 Å². The Morgan fingerprint density at radius 2 is 1.56 bits per heavy atom. The fourth-order valence-electron chi connectivity index (χ4n) is 5.30. The molecule has 0 amide bonds. The predicted molar refractivity (Wildman–Crippen MR) is 139 cm³/mol. The highest BCUT2D eigenvalue weighted by atomic mass is 16.5. The number of nitrogens with zero attached hydrogens (tertiary/aromatic N) is 3. The molecule has 6 rings (SSSR count). The van der Waals surface area contributed by atoms with Crippen LogP contribution in [0, 0.1) is 6.92 Å². The molecule has 7 heteroatoms. The normalized spacial score (nSPS) is 14.3. The van der Waals surface area contributed by atoms with Gasteiger partial charge in [0.05, 0.1) is 35.1 Å². The molecule has 0 spiro atoms. The summed E-state index contributed by atoms with van der Waals surface area (Å²) in [5.41, 5.74) is 4.82. The minimum absolute atomic E-state index is 0.343. The highest BCUT2D eigenvalue weighted by molar-refractivity contribution is 5.99. The Balaban J connectivity index is 1.89. The van der Waals surface area contributed by atoms with Crippen molar-refractivity contribution in [3.8, 4) is 28.4 Å². The smallest absolute Gasteiger partial charge is 0.331 e. The molecule has 1 atom stereocenters. The molecule has 0 bridgehead atoms. The first kappa shape index (κ1) is 22.0. The second kappa shape index (κ2) is 8.02. The topological polar surface area (TPSA) is 67.4 Å². The van der Waals surface area contributed by atoms with Gasteiger partial charge in [0.25, 0.3) is 5.56 Å². The van der Waals surface area contributed by atoms with E-state index < -0.39 is 11.8 Å². The molecule has 3 heterocycles. The van der Waals surface area contributed by atoms with Crippen LogP contribution in [0.3, 0.4) is 0 Å². The van der Waals surface area contributed by atoms with Crippen LogP contribution in [0.25, 0.3) is 27.8 Å². The van der Waals surface area contributed by atoms with E-state index in [-0.39, 0.29) is 5.56 Å². The third-order valence-electron chi connectivity index (χ3n) is 7.03. The first-order valence-electron chi connectivity index (χ1n) is 11.7. The number of hydrogen-bond acceptors (Lipinski definition) is 4. The summed E-state index contributed by atoms with van der Waals surface area (Å²) in [6.45, 7) is 2.02. The van der Waals surface area contributed by atoms with Gasteiger partial charge in [0, 0.05) is 25.2 Å². The van der Waals surface area contributed by atoms with Gasteiger partial charge in [0.2, 0.25) is 0 Å². The lowest BCUT2D eigenvalue weighted by atomic mass is 10.0. The SMILES string of the molecule is COc1ccccc1C1Oc2ccccc2-n2c(-c3ccccc3C)c3c(=O)n(C)c(=O)n(C)c3c21. The number of rotatable bonds is 3. The third-order valence-corrected chi connectivity index (χ3v) is 7.03. The predicted octanol–water partition coefficient (Wildman–Crippen LogP) is 4.49. The summed E-state index contributed by atoms with van der Waals surface area (Å²) in [7, 11) is 4.84. The van der Waals surface area contributed by atoms with Gasteiger partial charge in [-0.1, -0.05) is 54.6 Å². The summed E-state index contributed by atoms with van der Waals surface area (Å²) >= 11 is 0. The molecular weight excluding hydrogens is 454 g/mol. The van der Waals surface area contributed by atoms with Crippen molar-refractivity contribution in [1.29, 1.82) is 0 Å². The maximum atomic E-state index is 13.8. The molecule has 2 aromatic heterocycles. The zero-order chi connectivity index (χ0) is 25.1. The average Bonchev–Trinajstić information content (AvgIpc) is 3.27. The standard InChI is InChI=1S/C29H25N3O4/c1-17-11-5-6-12-18(17)24-23-25(30(2)29(34)31(3)28(23)33)26-27(19-13-7-9-15-21(19)35-4)36-22-16-10-8-14-20(22)32(24)26/h5-16,27H,1-4H3. The molecule has 3 aromatic carbocycles. The van der Waals surface area contributed by atoms with Crippen molar-refractivity contribution in [1.82, 2.24) is 13.7 Å². The van der Waals surface area contributed by atoms with Crippen LogP contribution < -0.4 is 20.7 Å². The summed E-state index contributed by atoms with van der Waals surface area (Å²) < 4.78 is 17.1. The quantitative estimate of drug-likeness (QED) is 0.382. The summed E-state index contributed by atoms with van der Waals surface area (Å²) in [6, 6.07) is 23.4. The first-order valence-corrected chi connectivity index (χ1v) is 11.7. The molecule has 1 unspecified atom stereocenters. The van der Waals surface area contributed by atoms with Crippen LogP contribution in [-0.2, 0) is 14.1 Å². The lowest BCUT2D eigenvalue weighted by molar-refractivity contribution is 0.223. The maximum absolute atomic E-state index is 13.8. The Hall–Kier alpha value is -4.52. The number of aryl methyl sites for hydroxylation is 2. The molecular formula is C29H25N3O4. The van der Waals surface area contributed by atoms with Crippen molar-refractivity contribution < 1.29 is 9.47 Å². The number of aromatic nitrogens is 3. The molecule has 0 N–H and O–H groups in total. The maximum Gasteiger partial charge on any atom is 0.331 e. The van der Waals surface area contributed by atoms with Gasteiger partial charge in [-0.05, 0) is 30.7 Å². The van der Waals surface area contributed by atoms with E-state index in [1.54, 1.807) is 18.7 Å². The van der Waals surface area contributed by atoms with E-state index in [0.717, 1.165) is 28.1 Å². The Kier molecular flexibility index (Phi) is 4.89. The molecule has 0 radical (unpaired) electrons. The molecule has 0 fully saturated rings. The lowest BCUT2D eigenvalue weighted by Gasteiger charge is -2.30. The lowest BCUT2D eigenvalue weighted by Crippen LogP contribution is -2.37. The van der Waals surface area contributed by atoms with Gasteiger partial charge < -0.3 is 14.0 Å². The Morgan fingerprint density at radius 1 is 0.861 bits per heavy atom. The molecule has 7 nitrogen and oxygen atoms in total. The summed E-state index contributed by atoms with van der Waals surface area (Å²) in [4.78, 5) is 26.9. The fraction of sp³-hybridized carbons (Fsp3) is 0.172. The number of para-hydroxylation sites is 3. The summed E-state index contributed by atoms with van der Waals surface area (Å²) in [5, 5.41) is 0.476. The molecule has 1 aliphatic rings. The van der Waals surface area contributed by atoms with Gasteiger partial charge in [-0.15, -0.1) is 0 Å². The average molecular weight is 480 g/mol. The largest absolute Gasteiger partial charge is 0.496 e. The van der Waals surface area contributed by atoms with Crippen molar-refractivity contribution in [2.75, 3.05) is 7.11 Å². The van der Waals surface area contributed by atoms with Crippen LogP contribution in [0.5, 0.6) is 11.5 Å². The molecule has 0 saturated heterocycles. The molecule has 1 aliphatic heterocycles. The van der Waals surface area contributed by atoms with E-state index in [9.17, 15) is 9.59 Å². The second-order valence-corrected chi connectivity index (χ2v) is 9.02. The molecule has 0 saturated carbocycles. The zero-order valence-electron chi connectivity index (χ0n) is 20.5. The first-order chi connectivity index (χ1) is 17.4. The number of hydrogen-bond donors (Lipinski definition) is 0. The second-order valence-electron chi connectivity index (χ2n) is 9.02. The van der Waals surface area contributed by atoms with Gasteiger partial charge in [0.1, 0.15) is 11.5 Å². The molecule has 180 valence electrons. The monoisotopic (exact) mass is 479 g/mol. The Bertz CT molecular complexity index is 1790. The Labute approximate surface area is 207 Å². The van der Waals surface area contributed by atoms with Gasteiger partial charge in [-0.3, -0.25) is 13.9 Å². The van der Waals surface area contributed by atoms with E-state index in [4.69, 9.17) is 9.47 Å². The number of ether oxygens (including phenoxy) is 2. The van der Waals surface area contributed by atoms with Gasteiger partial charge in [-0.2, -0.15) is 0 Å². The molecule has 36 heavy (non-hydrogen) atoms. The molecule has 0 aliphatic carbocycles. The Morgan fingerprint density at radius 3 is 2.33 bits per heavy atom. The minimum Gasteiger partial charge on any atom is -0.496 e. The molecule has 5 aromatic rings. The highest BCUT2D eigenvalue weighted by Gasteiger charge is 2.37. The van der Waals surface area contributed by atoms with Crippen LogP contribution in [0.15, 0.2) is 82.4 Å².